The van der Waals surface area contributed by atoms with Crippen molar-refractivity contribution >= 4 is 40.1 Å². The van der Waals surface area contributed by atoms with E-state index in [0.717, 1.165) is 67.3 Å². The van der Waals surface area contributed by atoms with Crippen LogP contribution in [0, 0.1) is 0 Å². The van der Waals surface area contributed by atoms with Gasteiger partial charge in [-0.1, -0.05) is 97.1 Å². The van der Waals surface area contributed by atoms with Crippen LogP contribution in [0.4, 0.5) is 0 Å². The van der Waals surface area contributed by atoms with Crippen molar-refractivity contribution < 1.29 is 54.1 Å². The Kier molecular flexibility index (Phi) is 14.6. The molecule has 8 aliphatic rings. The quantitative estimate of drug-likeness (QED) is 0.170. The molecule has 0 saturated carbocycles. The third kappa shape index (κ3) is 10.3. The normalized spacial score (nSPS) is 27.8. The highest BCUT2D eigenvalue weighted by atomic mass is 32.2. The zero-order valence-corrected chi connectivity index (χ0v) is 52.0. The molecule has 464 valence electrons. The highest BCUT2D eigenvalue weighted by molar-refractivity contribution is 7.89. The number of benzene rings is 4. The summed E-state index contributed by atoms with van der Waals surface area (Å²) < 4.78 is 107. The van der Waals surface area contributed by atoms with E-state index in [2.05, 4.69) is 19.9 Å². The topological polar surface area (TPSA) is 302 Å². The van der Waals surface area contributed by atoms with Crippen molar-refractivity contribution in [3.05, 3.63) is 169 Å². The van der Waals surface area contributed by atoms with Crippen molar-refractivity contribution in [2.24, 2.45) is 0 Å². The van der Waals surface area contributed by atoms with Crippen LogP contribution < -0.4 is 0 Å². The van der Waals surface area contributed by atoms with Gasteiger partial charge in [0, 0.05) is 74.6 Å². The fourth-order valence-electron chi connectivity index (χ4n) is 14.7. The number of fused-ring (bicyclic) bond motifs is 12. The van der Waals surface area contributed by atoms with Gasteiger partial charge in [-0.05, 0) is 47.9 Å². The zero-order valence-electron chi connectivity index (χ0n) is 48.7. The van der Waals surface area contributed by atoms with Gasteiger partial charge in [-0.25, -0.2) is 53.6 Å². The molecule has 0 amide bonds. The van der Waals surface area contributed by atoms with Gasteiger partial charge in [0.25, 0.3) is 0 Å². The van der Waals surface area contributed by atoms with Crippen molar-refractivity contribution in [1.29, 1.82) is 0 Å². The Morgan fingerprint density at radius 3 is 0.716 bits per heavy atom. The van der Waals surface area contributed by atoms with E-state index in [-0.39, 0.29) is 50.3 Å². The van der Waals surface area contributed by atoms with Gasteiger partial charge in [0.15, 0.2) is 0 Å². The lowest BCUT2D eigenvalue weighted by Gasteiger charge is -2.31. The van der Waals surface area contributed by atoms with E-state index in [1.807, 2.05) is 115 Å². The number of sulfonamides is 4. The average molecular weight is 1280 g/mol. The molecule has 4 saturated heterocycles. The molecule has 0 radical (unpaired) electrons. The summed E-state index contributed by atoms with van der Waals surface area (Å²) in [6.45, 7) is 1.84. The van der Waals surface area contributed by atoms with Gasteiger partial charge < -0.3 is 38.7 Å². The minimum absolute atomic E-state index is 0.114. The maximum atomic E-state index is 11.8. The Bertz CT molecular complexity index is 3950. The molecular weight excluding hydrogens is 1210 g/mol. The predicted octanol–water partition coefficient (Wildman–Crippen LogP) is 3.40. The number of nitrogens with zero attached hydrogens (tertiary/aromatic N) is 12. The highest BCUT2D eigenvalue weighted by Gasteiger charge is 2.54. The molecule has 0 spiro atoms. The van der Waals surface area contributed by atoms with E-state index in [9.17, 15) is 54.1 Å². The van der Waals surface area contributed by atoms with Crippen LogP contribution in [0.3, 0.4) is 0 Å². The largest absolute Gasteiger partial charge is 0.386 e. The van der Waals surface area contributed by atoms with Gasteiger partial charge in [0.2, 0.25) is 40.1 Å². The molecule has 4 aromatic heterocycles. The first-order chi connectivity index (χ1) is 41.6. The Labute approximate surface area is 510 Å². The lowest BCUT2D eigenvalue weighted by Crippen LogP contribution is -2.42. The first kappa shape index (κ1) is 60.1. The van der Waals surface area contributed by atoms with E-state index in [0.29, 0.717) is 51.9 Å². The number of aliphatic hydroxyl groups is 4. The van der Waals surface area contributed by atoms with Crippen LogP contribution in [-0.2, 0) is 40.1 Å². The maximum absolute atomic E-state index is 11.8. The van der Waals surface area contributed by atoms with Gasteiger partial charge >= 0.3 is 0 Å². The smallest absolute Gasteiger partial charge is 0.211 e. The minimum atomic E-state index is -3.30. The molecule has 8 atom stereocenters. The predicted molar refractivity (Wildman–Crippen MR) is 327 cm³/mol. The maximum Gasteiger partial charge on any atom is 0.211 e. The first-order valence-electron chi connectivity index (χ1n) is 28.7. The molecular formula is C60H68N12O12S4. The second-order valence-electron chi connectivity index (χ2n) is 24.5. The monoisotopic (exact) mass is 1280 g/mol. The molecule has 24 nitrogen and oxygen atoms in total. The van der Waals surface area contributed by atoms with Crippen LogP contribution >= 0.6 is 0 Å². The van der Waals surface area contributed by atoms with Crippen LogP contribution in [0.15, 0.2) is 147 Å². The summed E-state index contributed by atoms with van der Waals surface area (Å²) >= 11 is 0. The summed E-state index contributed by atoms with van der Waals surface area (Å²) in [5, 5.41) is 44.7. The van der Waals surface area contributed by atoms with Crippen LogP contribution in [0.2, 0.25) is 0 Å². The molecule has 0 aliphatic carbocycles. The molecule has 0 bridgehead atoms. The summed E-state index contributed by atoms with van der Waals surface area (Å²) in [5.41, 5.74) is 7.69. The van der Waals surface area contributed by atoms with Gasteiger partial charge in [0.1, 0.15) is 22.4 Å². The lowest BCUT2D eigenvalue weighted by molar-refractivity contribution is 0.0190. The second-order valence-corrected chi connectivity index (χ2v) is 32.4. The molecule has 88 heavy (non-hydrogen) atoms. The van der Waals surface area contributed by atoms with Gasteiger partial charge in [-0.15, -0.1) is 0 Å². The van der Waals surface area contributed by atoms with Gasteiger partial charge in [0.05, 0.1) is 122 Å². The summed E-state index contributed by atoms with van der Waals surface area (Å²) in [6, 6.07) is 30.4. The number of imidazole rings is 4. The Hall–Kier alpha value is -6.80. The molecule has 0 unspecified atom stereocenters. The number of β-amino-alcohol motifs (C(OH)–C–C–N with tert-alkyl or cyclic N) is 4. The third-order valence-electron chi connectivity index (χ3n) is 18.8. The van der Waals surface area contributed by atoms with Crippen LogP contribution in [0.5, 0.6) is 0 Å². The van der Waals surface area contributed by atoms with Gasteiger partial charge in [-0.2, -0.15) is 17.2 Å². The number of aromatic nitrogens is 8. The lowest BCUT2D eigenvalue weighted by atomic mass is 9.87. The highest BCUT2D eigenvalue weighted by Crippen LogP contribution is 2.52. The molecule has 8 aromatic rings. The van der Waals surface area contributed by atoms with Crippen LogP contribution in [0.25, 0.3) is 45.0 Å². The third-order valence-corrected chi connectivity index (χ3v) is 23.8. The number of rotatable bonds is 8. The molecule has 16 rings (SSSR count). The summed E-state index contributed by atoms with van der Waals surface area (Å²) in [5.74, 6) is 0. The average Bonchev–Trinajstić information content (AvgIpc) is 1.63. The summed E-state index contributed by atoms with van der Waals surface area (Å²) in [6.07, 6.45) is 20.4. The van der Waals surface area contributed by atoms with Crippen molar-refractivity contribution in [3.63, 3.8) is 0 Å². The van der Waals surface area contributed by atoms with E-state index in [1.165, 1.54) is 42.2 Å². The standard InChI is InChI=1S/4C15H17N3O3S/c4*1-22(20,21)17-7-6-15(19,9-17)14-12-5-3-2-4-11(12)13-8-16-10-18(13)14/h4*2-5,8,10,14,19H,6-7,9H2,1H3/t2*14-,15+;2*14-,15-/m1010/s1. The van der Waals surface area contributed by atoms with Gasteiger partial charge in [-0.3, -0.25) is 0 Å². The van der Waals surface area contributed by atoms with Crippen LogP contribution in [0.1, 0.15) is 72.1 Å². The summed E-state index contributed by atoms with van der Waals surface area (Å²) in [4.78, 5) is 16.7. The van der Waals surface area contributed by atoms with E-state index in [1.54, 1.807) is 50.1 Å². The van der Waals surface area contributed by atoms with Crippen molar-refractivity contribution in [2.45, 2.75) is 72.3 Å². The Morgan fingerprint density at radius 1 is 0.341 bits per heavy atom. The first-order valence-corrected chi connectivity index (χ1v) is 36.1. The number of hydrogen-bond acceptors (Lipinski definition) is 16. The SMILES string of the molecule is CS(=O)(=O)N1CC[C@@](O)([C@@H]2c3ccccc3-c3cncn32)C1.CS(=O)(=O)N1CC[C@@](O)([C@H]2c3ccccc3-c3cncn32)C1.CS(=O)(=O)N1CC[C@](O)([C@@H]2c3ccccc3-c3cncn32)C1.CS(=O)(=O)N1CC[C@](O)([C@H]2c3ccccc3-c3cncn32)C1. The van der Waals surface area contributed by atoms with Crippen LogP contribution in [-0.4, -0.2) is 209 Å². The molecule has 4 aromatic carbocycles. The molecule has 4 N–H and O–H groups in total. The molecule has 4 fully saturated rings. The Balaban J connectivity index is 0.000000108. The minimum Gasteiger partial charge on any atom is -0.386 e. The van der Waals surface area contributed by atoms with E-state index in [4.69, 9.17) is 0 Å². The second kappa shape index (κ2) is 21.4. The fraction of sp³-hybridized carbons (Fsp3) is 0.400. The Morgan fingerprint density at radius 2 is 0.534 bits per heavy atom. The van der Waals surface area contributed by atoms with E-state index >= 15 is 0 Å². The zero-order chi connectivity index (χ0) is 62.1. The molecule has 12 heterocycles. The molecule has 28 heteroatoms. The molecule has 8 aliphatic heterocycles. The van der Waals surface area contributed by atoms with E-state index < -0.39 is 62.5 Å². The number of hydrogen-bond donors (Lipinski definition) is 4. The fourth-order valence-corrected chi connectivity index (χ4v) is 18.2. The van der Waals surface area contributed by atoms with Crippen molar-refractivity contribution in [1.82, 2.24) is 55.4 Å². The van der Waals surface area contributed by atoms with Crippen molar-refractivity contribution in [3.8, 4) is 45.0 Å². The van der Waals surface area contributed by atoms with Crippen molar-refractivity contribution in [2.75, 3.05) is 77.4 Å². The summed E-state index contributed by atoms with van der Waals surface area (Å²) in [7, 11) is -13.2.